The van der Waals surface area contributed by atoms with Crippen LogP contribution in [-0.2, 0) is 4.79 Å². The molecule has 0 unspecified atom stereocenters. The highest BCUT2D eigenvalue weighted by atomic mass is 19.1. The van der Waals surface area contributed by atoms with Gasteiger partial charge in [-0.15, -0.1) is 0 Å². The Balaban J connectivity index is 2.19. The summed E-state index contributed by atoms with van der Waals surface area (Å²) in [6.07, 6.45) is 2.81. The summed E-state index contributed by atoms with van der Waals surface area (Å²) in [6.45, 7) is 1.26. The van der Waals surface area contributed by atoms with Crippen molar-refractivity contribution >= 4 is 17.7 Å². The van der Waals surface area contributed by atoms with E-state index in [1.807, 2.05) is 0 Å². The van der Waals surface area contributed by atoms with E-state index in [9.17, 15) is 9.18 Å². The van der Waals surface area contributed by atoms with Crippen LogP contribution in [0.2, 0.25) is 0 Å². The Morgan fingerprint density at radius 3 is 2.52 bits per heavy atom. The molecule has 0 radical (unpaired) electrons. The van der Waals surface area contributed by atoms with Gasteiger partial charge in [-0.3, -0.25) is 4.79 Å². The van der Waals surface area contributed by atoms with Gasteiger partial charge in [0.05, 0.1) is 11.4 Å². The maximum atomic E-state index is 14.2. The van der Waals surface area contributed by atoms with Crippen molar-refractivity contribution in [2.24, 2.45) is 0 Å². The number of carbonyl (C=O) groups excluding carboxylic acids is 1. The van der Waals surface area contributed by atoms with Gasteiger partial charge < -0.3 is 16.2 Å². The molecule has 3 rings (SSSR count). The van der Waals surface area contributed by atoms with Crippen LogP contribution in [0.5, 0.6) is 5.75 Å². The van der Waals surface area contributed by atoms with Crippen LogP contribution in [0.1, 0.15) is 6.92 Å². The van der Waals surface area contributed by atoms with Gasteiger partial charge in [0.25, 0.3) is 0 Å². The second kappa shape index (κ2) is 6.48. The smallest absolute Gasteiger partial charge is 0.308 e. The van der Waals surface area contributed by atoms with Gasteiger partial charge in [-0.2, -0.15) is 0 Å². The Labute approximate surface area is 141 Å². The van der Waals surface area contributed by atoms with Crippen molar-refractivity contribution in [2.75, 3.05) is 11.5 Å². The number of rotatable bonds is 3. The maximum absolute atomic E-state index is 14.2. The number of nitrogen functional groups attached to an aromatic ring is 2. The molecule has 0 aliphatic heterocycles. The SMILES string of the molecule is CC(=O)Oc1ccc(-c2ccnc(N)c2F)nc1-c1ccnc(N)n1. The van der Waals surface area contributed by atoms with Crippen molar-refractivity contribution in [1.82, 2.24) is 19.9 Å². The molecule has 0 aliphatic rings. The topological polar surface area (TPSA) is 130 Å². The molecule has 3 heterocycles. The van der Waals surface area contributed by atoms with Crippen LogP contribution in [0.15, 0.2) is 36.7 Å². The third kappa shape index (κ3) is 3.34. The first-order valence-corrected chi connectivity index (χ1v) is 7.14. The minimum Gasteiger partial charge on any atom is -0.424 e. The number of aromatic nitrogens is 4. The lowest BCUT2D eigenvalue weighted by Crippen LogP contribution is -2.06. The van der Waals surface area contributed by atoms with Crippen molar-refractivity contribution in [1.29, 1.82) is 0 Å². The first kappa shape index (κ1) is 16.2. The van der Waals surface area contributed by atoms with Crippen LogP contribution in [0, 0.1) is 5.82 Å². The van der Waals surface area contributed by atoms with Crippen molar-refractivity contribution in [2.45, 2.75) is 6.92 Å². The lowest BCUT2D eigenvalue weighted by molar-refractivity contribution is -0.131. The van der Waals surface area contributed by atoms with Gasteiger partial charge in [0.15, 0.2) is 17.4 Å². The molecule has 0 saturated carbocycles. The van der Waals surface area contributed by atoms with Crippen molar-refractivity contribution < 1.29 is 13.9 Å². The Hall–Kier alpha value is -3.62. The predicted molar refractivity (Wildman–Crippen MR) is 88.6 cm³/mol. The highest BCUT2D eigenvalue weighted by Crippen LogP contribution is 2.32. The number of hydrogen-bond acceptors (Lipinski definition) is 8. The molecule has 4 N–H and O–H groups in total. The molecule has 0 fully saturated rings. The number of anilines is 2. The lowest BCUT2D eigenvalue weighted by Gasteiger charge is -2.11. The molecule has 0 amide bonds. The summed E-state index contributed by atoms with van der Waals surface area (Å²) in [7, 11) is 0. The van der Waals surface area contributed by atoms with Gasteiger partial charge >= 0.3 is 5.97 Å². The number of esters is 1. The van der Waals surface area contributed by atoms with Gasteiger partial charge in [-0.25, -0.2) is 24.3 Å². The molecule has 0 spiro atoms. The van der Waals surface area contributed by atoms with E-state index in [1.165, 1.54) is 37.5 Å². The fourth-order valence-corrected chi connectivity index (χ4v) is 2.18. The third-order valence-corrected chi connectivity index (χ3v) is 3.22. The number of pyridine rings is 2. The molecule has 0 aliphatic carbocycles. The second-order valence-electron chi connectivity index (χ2n) is 4.99. The van der Waals surface area contributed by atoms with E-state index >= 15 is 0 Å². The Morgan fingerprint density at radius 1 is 1.04 bits per heavy atom. The predicted octanol–water partition coefficient (Wildman–Crippen LogP) is 1.83. The summed E-state index contributed by atoms with van der Waals surface area (Å²) in [6, 6.07) is 5.99. The third-order valence-electron chi connectivity index (χ3n) is 3.22. The molecular formula is C16H13FN6O2. The van der Waals surface area contributed by atoms with E-state index in [2.05, 4.69) is 19.9 Å². The number of carbonyl (C=O) groups is 1. The highest BCUT2D eigenvalue weighted by Gasteiger charge is 2.17. The van der Waals surface area contributed by atoms with Crippen molar-refractivity contribution in [3.63, 3.8) is 0 Å². The number of hydrogen-bond donors (Lipinski definition) is 2. The maximum Gasteiger partial charge on any atom is 0.308 e. The molecular weight excluding hydrogens is 327 g/mol. The zero-order valence-electron chi connectivity index (χ0n) is 13.1. The molecule has 3 aromatic rings. The lowest BCUT2D eigenvalue weighted by atomic mass is 10.1. The average molecular weight is 340 g/mol. The van der Waals surface area contributed by atoms with Crippen LogP contribution in [0.3, 0.4) is 0 Å². The van der Waals surface area contributed by atoms with Crippen LogP contribution in [-0.4, -0.2) is 25.9 Å². The summed E-state index contributed by atoms with van der Waals surface area (Å²) in [5, 5.41) is 0. The van der Waals surface area contributed by atoms with Gasteiger partial charge in [0.2, 0.25) is 5.95 Å². The summed E-state index contributed by atoms with van der Waals surface area (Å²) in [4.78, 5) is 27.2. The summed E-state index contributed by atoms with van der Waals surface area (Å²) in [5.74, 6) is -1.27. The van der Waals surface area contributed by atoms with E-state index in [0.29, 0.717) is 5.69 Å². The highest BCUT2D eigenvalue weighted by molar-refractivity contribution is 5.76. The van der Waals surface area contributed by atoms with Crippen LogP contribution in [0.4, 0.5) is 16.2 Å². The van der Waals surface area contributed by atoms with Gasteiger partial charge in [0, 0.05) is 24.9 Å². The fourth-order valence-electron chi connectivity index (χ4n) is 2.18. The first-order valence-electron chi connectivity index (χ1n) is 7.14. The molecule has 126 valence electrons. The Kier molecular flexibility index (Phi) is 4.21. The minimum atomic E-state index is -0.691. The minimum absolute atomic E-state index is 0.0258. The second-order valence-corrected chi connectivity index (χ2v) is 4.99. The molecule has 0 atom stereocenters. The zero-order valence-corrected chi connectivity index (χ0v) is 13.1. The van der Waals surface area contributed by atoms with Gasteiger partial charge in [-0.05, 0) is 24.3 Å². The largest absolute Gasteiger partial charge is 0.424 e. The molecule has 0 saturated heterocycles. The summed E-state index contributed by atoms with van der Waals surface area (Å²) >= 11 is 0. The fraction of sp³-hybridized carbons (Fsp3) is 0.0625. The number of ether oxygens (including phenoxy) is 1. The number of halogens is 1. The van der Waals surface area contributed by atoms with Crippen LogP contribution >= 0.6 is 0 Å². The summed E-state index contributed by atoms with van der Waals surface area (Å²) < 4.78 is 19.4. The van der Waals surface area contributed by atoms with E-state index in [4.69, 9.17) is 16.2 Å². The molecule has 25 heavy (non-hydrogen) atoms. The first-order chi connectivity index (χ1) is 12.0. The molecule has 0 aromatic carbocycles. The molecule has 8 nitrogen and oxygen atoms in total. The van der Waals surface area contributed by atoms with Crippen molar-refractivity contribution in [3.8, 4) is 28.4 Å². The number of nitrogens with two attached hydrogens (primary N) is 2. The molecule has 3 aromatic heterocycles. The Bertz CT molecular complexity index is 963. The molecule has 0 bridgehead atoms. The monoisotopic (exact) mass is 340 g/mol. The van der Waals surface area contributed by atoms with E-state index in [0.717, 1.165) is 0 Å². The van der Waals surface area contributed by atoms with Gasteiger partial charge in [0.1, 0.15) is 5.69 Å². The molecule has 9 heteroatoms. The number of nitrogens with zero attached hydrogens (tertiary/aromatic N) is 4. The van der Waals surface area contributed by atoms with E-state index in [1.54, 1.807) is 6.07 Å². The van der Waals surface area contributed by atoms with E-state index < -0.39 is 11.8 Å². The summed E-state index contributed by atoms with van der Waals surface area (Å²) in [5.41, 5.74) is 12.1. The van der Waals surface area contributed by atoms with Crippen molar-refractivity contribution in [3.05, 3.63) is 42.5 Å². The average Bonchev–Trinajstić information content (AvgIpc) is 2.57. The quantitative estimate of drug-likeness (QED) is 0.691. The zero-order chi connectivity index (χ0) is 18.0. The van der Waals surface area contributed by atoms with Gasteiger partial charge in [-0.1, -0.05) is 0 Å². The van der Waals surface area contributed by atoms with E-state index in [-0.39, 0.29) is 34.5 Å². The van der Waals surface area contributed by atoms with Crippen LogP contribution in [0.25, 0.3) is 22.6 Å². The standard InChI is InChI=1S/C16H13FN6O2/c1-8(24)25-12-3-2-10(9-4-6-20-15(18)13(9)17)22-14(12)11-5-7-21-16(19)23-11/h2-7H,1H3,(H2,18,20)(H2,19,21,23). The normalized spacial score (nSPS) is 10.5. The Morgan fingerprint density at radius 2 is 1.80 bits per heavy atom. The van der Waals surface area contributed by atoms with Crippen LogP contribution < -0.4 is 16.2 Å².